The number of rotatable bonds is 9. The van der Waals surface area contributed by atoms with Crippen molar-refractivity contribution in [2.75, 3.05) is 46.6 Å². The van der Waals surface area contributed by atoms with Gasteiger partial charge in [-0.1, -0.05) is 12.1 Å². The number of esters is 1. The SMILES string of the molecule is CCOC(=O)Cc1csc(=Nc2ccccc2OC)n1CCCN1CCOCC1. The van der Waals surface area contributed by atoms with Gasteiger partial charge in [-0.15, -0.1) is 11.3 Å². The van der Waals surface area contributed by atoms with Gasteiger partial charge in [-0.2, -0.15) is 0 Å². The molecule has 0 N–H and O–H groups in total. The summed E-state index contributed by atoms with van der Waals surface area (Å²) in [5.74, 6) is 0.517. The van der Waals surface area contributed by atoms with Crippen LogP contribution in [0, 0.1) is 0 Å². The molecule has 1 aromatic carbocycles. The van der Waals surface area contributed by atoms with Gasteiger partial charge < -0.3 is 18.8 Å². The van der Waals surface area contributed by atoms with Crippen molar-refractivity contribution in [3.63, 3.8) is 0 Å². The molecule has 0 aliphatic carbocycles. The van der Waals surface area contributed by atoms with Crippen molar-refractivity contribution < 1.29 is 19.0 Å². The fourth-order valence-corrected chi connectivity index (χ4v) is 4.24. The lowest BCUT2D eigenvalue weighted by Gasteiger charge is -2.26. The minimum Gasteiger partial charge on any atom is -0.494 e. The summed E-state index contributed by atoms with van der Waals surface area (Å²) in [6.45, 7) is 7.55. The van der Waals surface area contributed by atoms with Crippen LogP contribution in [0.2, 0.25) is 0 Å². The lowest BCUT2D eigenvalue weighted by atomic mass is 10.3. The third-order valence-corrected chi connectivity index (χ3v) is 5.68. The second-order valence-electron chi connectivity index (χ2n) is 6.73. The smallest absolute Gasteiger partial charge is 0.311 e. The topological polar surface area (TPSA) is 65.3 Å². The van der Waals surface area contributed by atoms with Gasteiger partial charge in [0.2, 0.25) is 0 Å². The molecule has 2 aromatic rings. The monoisotopic (exact) mass is 419 g/mol. The largest absolute Gasteiger partial charge is 0.494 e. The summed E-state index contributed by atoms with van der Waals surface area (Å²) in [6, 6.07) is 7.70. The Morgan fingerprint density at radius 2 is 2.03 bits per heavy atom. The Kier molecular flexibility index (Phi) is 8.27. The number of thiazole rings is 1. The lowest BCUT2D eigenvalue weighted by molar-refractivity contribution is -0.142. The summed E-state index contributed by atoms with van der Waals surface area (Å²) < 4.78 is 18.1. The van der Waals surface area contributed by atoms with Crippen molar-refractivity contribution in [1.82, 2.24) is 9.47 Å². The third kappa shape index (κ3) is 6.16. The van der Waals surface area contributed by atoms with Crippen LogP contribution in [0.3, 0.4) is 0 Å². The zero-order chi connectivity index (χ0) is 20.5. The maximum Gasteiger partial charge on any atom is 0.311 e. The number of ether oxygens (including phenoxy) is 3. The van der Waals surface area contributed by atoms with E-state index in [0.29, 0.717) is 6.61 Å². The van der Waals surface area contributed by atoms with Gasteiger partial charge in [-0.3, -0.25) is 9.69 Å². The predicted molar refractivity (Wildman–Crippen MR) is 113 cm³/mol. The Balaban J connectivity index is 1.81. The fraction of sp³-hybridized carbons (Fsp3) is 0.524. The predicted octanol–water partition coefficient (Wildman–Crippen LogP) is 2.62. The molecule has 1 fully saturated rings. The number of para-hydroxylation sites is 2. The average molecular weight is 420 g/mol. The highest BCUT2D eigenvalue weighted by Crippen LogP contribution is 2.25. The molecule has 1 aromatic heterocycles. The van der Waals surface area contributed by atoms with Gasteiger partial charge in [0.15, 0.2) is 4.80 Å². The van der Waals surface area contributed by atoms with Gasteiger partial charge >= 0.3 is 5.97 Å². The van der Waals surface area contributed by atoms with Crippen LogP contribution in [-0.2, 0) is 27.2 Å². The Morgan fingerprint density at radius 3 is 2.79 bits per heavy atom. The first kappa shape index (κ1) is 21.5. The van der Waals surface area contributed by atoms with Crippen LogP contribution in [0.15, 0.2) is 34.6 Å². The molecule has 0 saturated carbocycles. The van der Waals surface area contributed by atoms with Gasteiger partial charge in [-0.05, 0) is 25.5 Å². The number of carbonyl (C=O) groups is 1. The van der Waals surface area contributed by atoms with Gasteiger partial charge in [0.05, 0.1) is 33.4 Å². The zero-order valence-corrected chi connectivity index (χ0v) is 18.0. The van der Waals surface area contributed by atoms with Crippen molar-refractivity contribution in [2.24, 2.45) is 4.99 Å². The molecule has 158 valence electrons. The summed E-state index contributed by atoms with van der Waals surface area (Å²) in [5.41, 5.74) is 1.71. The highest BCUT2D eigenvalue weighted by atomic mass is 32.1. The van der Waals surface area contributed by atoms with E-state index in [1.54, 1.807) is 7.11 Å². The number of benzene rings is 1. The first-order chi connectivity index (χ1) is 14.2. The number of morpholine rings is 1. The second kappa shape index (κ2) is 11.1. The van der Waals surface area contributed by atoms with Gasteiger partial charge in [0.25, 0.3) is 0 Å². The van der Waals surface area contributed by atoms with Gasteiger partial charge in [0, 0.05) is 37.3 Å². The molecule has 0 spiro atoms. The van der Waals surface area contributed by atoms with E-state index in [4.69, 9.17) is 19.2 Å². The molecule has 1 saturated heterocycles. The number of methoxy groups -OCH3 is 1. The average Bonchev–Trinajstić information content (AvgIpc) is 3.10. The minimum atomic E-state index is -0.212. The summed E-state index contributed by atoms with van der Waals surface area (Å²) >= 11 is 1.54. The highest BCUT2D eigenvalue weighted by molar-refractivity contribution is 7.07. The van der Waals surface area contributed by atoms with Crippen molar-refractivity contribution in [3.05, 3.63) is 40.1 Å². The highest BCUT2D eigenvalue weighted by Gasteiger charge is 2.14. The Hall–Kier alpha value is -2.16. The molecule has 2 heterocycles. The summed E-state index contributed by atoms with van der Waals surface area (Å²) in [7, 11) is 1.64. The van der Waals surface area contributed by atoms with E-state index in [2.05, 4.69) is 9.47 Å². The minimum absolute atomic E-state index is 0.212. The van der Waals surface area contributed by atoms with Crippen molar-refractivity contribution in [3.8, 4) is 5.75 Å². The van der Waals surface area contributed by atoms with E-state index < -0.39 is 0 Å². The number of aromatic nitrogens is 1. The number of hydrogen-bond donors (Lipinski definition) is 0. The van der Waals surface area contributed by atoms with E-state index in [1.165, 1.54) is 11.3 Å². The van der Waals surface area contributed by atoms with Gasteiger partial charge in [-0.25, -0.2) is 4.99 Å². The van der Waals surface area contributed by atoms with Crippen LogP contribution in [0.25, 0.3) is 0 Å². The maximum atomic E-state index is 12.1. The summed E-state index contributed by atoms with van der Waals surface area (Å²) in [4.78, 5) is 20.1. The number of hydrogen-bond acceptors (Lipinski definition) is 7. The molecule has 7 nitrogen and oxygen atoms in total. The van der Waals surface area contributed by atoms with Crippen molar-refractivity contribution >= 4 is 23.0 Å². The normalized spacial score (nSPS) is 15.4. The summed E-state index contributed by atoms with van der Waals surface area (Å²) in [5, 5.41) is 2.00. The Bertz CT molecular complexity index is 856. The van der Waals surface area contributed by atoms with Crippen molar-refractivity contribution in [1.29, 1.82) is 0 Å². The molecule has 8 heteroatoms. The van der Waals surface area contributed by atoms with Crippen LogP contribution >= 0.6 is 11.3 Å². The standard InChI is InChI=1S/C21H29N3O4S/c1-3-28-20(25)15-17-16-29-21(22-18-7-4-5-8-19(18)26-2)24(17)10-6-9-23-11-13-27-14-12-23/h4-5,7-8,16H,3,6,9-15H2,1-2H3. The fourth-order valence-electron chi connectivity index (χ4n) is 3.30. The molecule has 0 atom stereocenters. The maximum absolute atomic E-state index is 12.1. The second-order valence-corrected chi connectivity index (χ2v) is 7.57. The van der Waals surface area contributed by atoms with Crippen LogP contribution in [0.1, 0.15) is 19.0 Å². The van der Waals surface area contributed by atoms with E-state index in [1.807, 2.05) is 36.6 Å². The number of carbonyl (C=O) groups excluding carboxylic acids is 1. The third-order valence-electron chi connectivity index (χ3n) is 4.77. The van der Waals surface area contributed by atoms with Crippen LogP contribution < -0.4 is 9.54 Å². The number of nitrogens with zero attached hydrogens (tertiary/aromatic N) is 3. The molecular weight excluding hydrogens is 390 g/mol. The molecular formula is C21H29N3O4S. The van der Waals surface area contributed by atoms with Crippen LogP contribution in [0.5, 0.6) is 5.75 Å². The Labute approximate surface area is 175 Å². The van der Waals surface area contributed by atoms with Crippen LogP contribution in [0.4, 0.5) is 5.69 Å². The van der Waals surface area contributed by atoms with Crippen molar-refractivity contribution in [2.45, 2.75) is 26.3 Å². The molecule has 0 amide bonds. The molecule has 0 unspecified atom stereocenters. The zero-order valence-electron chi connectivity index (χ0n) is 17.1. The van der Waals surface area contributed by atoms with E-state index >= 15 is 0 Å². The molecule has 0 bridgehead atoms. The first-order valence-electron chi connectivity index (χ1n) is 10.0. The quantitative estimate of drug-likeness (QED) is 0.585. The lowest BCUT2D eigenvalue weighted by Crippen LogP contribution is -2.37. The van der Waals surface area contributed by atoms with Gasteiger partial charge in [0.1, 0.15) is 11.4 Å². The molecule has 29 heavy (non-hydrogen) atoms. The molecule has 1 aliphatic heterocycles. The summed E-state index contributed by atoms with van der Waals surface area (Å²) in [6.07, 6.45) is 1.23. The first-order valence-corrected chi connectivity index (χ1v) is 10.9. The van der Waals surface area contributed by atoms with Crippen LogP contribution in [-0.4, -0.2) is 62.0 Å². The molecule has 0 radical (unpaired) electrons. The molecule has 1 aliphatic rings. The molecule has 3 rings (SSSR count). The van der Waals surface area contributed by atoms with E-state index in [9.17, 15) is 4.79 Å². The van der Waals surface area contributed by atoms with E-state index in [0.717, 1.165) is 67.7 Å². The van der Waals surface area contributed by atoms with E-state index in [-0.39, 0.29) is 12.4 Å². The Morgan fingerprint density at radius 1 is 1.24 bits per heavy atom.